The maximum atomic E-state index is 11.8. The summed E-state index contributed by atoms with van der Waals surface area (Å²) in [5, 5.41) is 3.01. The minimum absolute atomic E-state index is 0.00917. The molecular weight excluding hydrogens is 216 g/mol. The van der Waals surface area contributed by atoms with Crippen molar-refractivity contribution < 1.29 is 9.53 Å². The first-order valence-corrected chi connectivity index (χ1v) is 6.76. The Morgan fingerprint density at radius 2 is 2.00 bits per heavy atom. The highest BCUT2D eigenvalue weighted by molar-refractivity contribution is 5.80. The van der Waals surface area contributed by atoms with E-state index in [1.165, 1.54) is 0 Å². The Balaban J connectivity index is 2.23. The van der Waals surface area contributed by atoms with Gasteiger partial charge in [-0.15, -0.1) is 0 Å². The van der Waals surface area contributed by atoms with Crippen LogP contribution in [-0.2, 0) is 9.53 Å². The topological polar surface area (TPSA) is 64.3 Å². The molecule has 0 radical (unpaired) electrons. The van der Waals surface area contributed by atoms with Crippen LogP contribution >= 0.6 is 0 Å². The fourth-order valence-corrected chi connectivity index (χ4v) is 2.14. The zero-order valence-electron chi connectivity index (χ0n) is 11.2. The maximum Gasteiger partial charge on any atom is 0.249 e. The second-order valence-corrected chi connectivity index (χ2v) is 5.00. The SMILES string of the molecule is CCC(CC)NC(=O)C(C)OC1CC(CN)C1. The summed E-state index contributed by atoms with van der Waals surface area (Å²) in [6.45, 7) is 6.72. The van der Waals surface area contributed by atoms with Crippen LogP contribution in [-0.4, -0.2) is 30.7 Å². The van der Waals surface area contributed by atoms with Gasteiger partial charge in [0.15, 0.2) is 0 Å². The normalized spacial score (nSPS) is 25.5. The van der Waals surface area contributed by atoms with Crippen molar-refractivity contribution in [1.82, 2.24) is 5.32 Å². The molecule has 1 saturated carbocycles. The summed E-state index contributed by atoms with van der Waals surface area (Å²) in [7, 11) is 0. The number of hydrogen-bond acceptors (Lipinski definition) is 3. The number of amides is 1. The highest BCUT2D eigenvalue weighted by Crippen LogP contribution is 2.29. The van der Waals surface area contributed by atoms with Crippen molar-refractivity contribution in [2.75, 3.05) is 6.54 Å². The second kappa shape index (κ2) is 6.97. The van der Waals surface area contributed by atoms with E-state index in [1.807, 2.05) is 6.92 Å². The predicted octanol–water partition coefficient (Wildman–Crippen LogP) is 1.43. The molecule has 0 heterocycles. The van der Waals surface area contributed by atoms with E-state index < -0.39 is 0 Å². The Hall–Kier alpha value is -0.610. The summed E-state index contributed by atoms with van der Waals surface area (Å²) in [6.07, 6.45) is 3.81. The van der Waals surface area contributed by atoms with Crippen LogP contribution in [0.5, 0.6) is 0 Å². The third-order valence-electron chi connectivity index (χ3n) is 3.62. The first-order valence-electron chi connectivity index (χ1n) is 6.76. The Labute approximate surface area is 104 Å². The minimum Gasteiger partial charge on any atom is -0.365 e. The van der Waals surface area contributed by atoms with Crippen molar-refractivity contribution in [3.63, 3.8) is 0 Å². The summed E-state index contributed by atoms with van der Waals surface area (Å²) in [4.78, 5) is 11.8. The summed E-state index contributed by atoms with van der Waals surface area (Å²) in [6, 6.07) is 0.270. The molecule has 17 heavy (non-hydrogen) atoms. The van der Waals surface area contributed by atoms with Crippen LogP contribution < -0.4 is 11.1 Å². The van der Waals surface area contributed by atoms with Crippen molar-refractivity contribution in [2.24, 2.45) is 11.7 Å². The highest BCUT2D eigenvalue weighted by atomic mass is 16.5. The predicted molar refractivity (Wildman–Crippen MR) is 68.6 cm³/mol. The van der Waals surface area contributed by atoms with E-state index in [1.54, 1.807) is 0 Å². The van der Waals surface area contributed by atoms with E-state index in [2.05, 4.69) is 19.2 Å². The highest BCUT2D eigenvalue weighted by Gasteiger charge is 2.31. The molecule has 0 aliphatic heterocycles. The molecule has 0 spiro atoms. The number of rotatable bonds is 7. The first kappa shape index (κ1) is 14.5. The maximum absolute atomic E-state index is 11.8. The Bertz CT molecular complexity index is 236. The van der Waals surface area contributed by atoms with Gasteiger partial charge in [-0.1, -0.05) is 13.8 Å². The van der Waals surface area contributed by atoms with Gasteiger partial charge in [-0.3, -0.25) is 4.79 Å². The van der Waals surface area contributed by atoms with Gasteiger partial charge < -0.3 is 15.8 Å². The van der Waals surface area contributed by atoms with Crippen molar-refractivity contribution in [3.05, 3.63) is 0 Å². The van der Waals surface area contributed by atoms with Gasteiger partial charge in [-0.25, -0.2) is 0 Å². The van der Waals surface area contributed by atoms with Gasteiger partial charge in [0, 0.05) is 6.04 Å². The molecule has 0 aromatic carbocycles. The lowest BCUT2D eigenvalue weighted by molar-refractivity contribution is -0.141. The Kier molecular flexibility index (Phi) is 5.92. The number of hydrogen-bond donors (Lipinski definition) is 2. The molecule has 0 saturated heterocycles. The molecule has 1 aliphatic rings. The zero-order valence-corrected chi connectivity index (χ0v) is 11.2. The summed E-state index contributed by atoms with van der Waals surface area (Å²) in [5.74, 6) is 0.601. The molecular formula is C13H26N2O2. The minimum atomic E-state index is -0.348. The molecule has 0 bridgehead atoms. The van der Waals surface area contributed by atoms with E-state index in [9.17, 15) is 4.79 Å². The molecule has 3 N–H and O–H groups in total. The van der Waals surface area contributed by atoms with Gasteiger partial charge in [0.2, 0.25) is 5.91 Å². The van der Waals surface area contributed by atoms with Crippen molar-refractivity contribution in [1.29, 1.82) is 0 Å². The van der Waals surface area contributed by atoms with Crippen LogP contribution in [0.4, 0.5) is 0 Å². The fraction of sp³-hybridized carbons (Fsp3) is 0.923. The van der Waals surface area contributed by atoms with Crippen molar-refractivity contribution in [3.8, 4) is 0 Å². The number of nitrogens with one attached hydrogen (secondary N) is 1. The van der Waals surface area contributed by atoms with E-state index in [4.69, 9.17) is 10.5 Å². The molecule has 1 rings (SSSR count). The summed E-state index contributed by atoms with van der Waals surface area (Å²) in [5.41, 5.74) is 5.55. The van der Waals surface area contributed by atoms with Crippen LogP contribution in [0, 0.1) is 5.92 Å². The number of carbonyl (C=O) groups excluding carboxylic acids is 1. The third-order valence-corrected chi connectivity index (χ3v) is 3.62. The quantitative estimate of drug-likeness (QED) is 0.710. The van der Waals surface area contributed by atoms with Gasteiger partial charge in [0.05, 0.1) is 6.10 Å². The first-order chi connectivity index (χ1) is 8.10. The van der Waals surface area contributed by atoms with Gasteiger partial charge in [-0.05, 0) is 45.1 Å². The second-order valence-electron chi connectivity index (χ2n) is 5.00. The lowest BCUT2D eigenvalue weighted by Crippen LogP contribution is -2.45. The summed E-state index contributed by atoms with van der Waals surface area (Å²) < 4.78 is 5.70. The van der Waals surface area contributed by atoms with Gasteiger partial charge >= 0.3 is 0 Å². The summed E-state index contributed by atoms with van der Waals surface area (Å²) >= 11 is 0. The molecule has 1 atom stereocenters. The lowest BCUT2D eigenvalue weighted by atomic mass is 9.82. The largest absolute Gasteiger partial charge is 0.365 e. The van der Waals surface area contributed by atoms with E-state index in [0.29, 0.717) is 5.92 Å². The smallest absolute Gasteiger partial charge is 0.249 e. The zero-order chi connectivity index (χ0) is 12.8. The average Bonchev–Trinajstić information content (AvgIpc) is 2.29. The van der Waals surface area contributed by atoms with Crippen LogP contribution in [0.3, 0.4) is 0 Å². The Morgan fingerprint density at radius 3 is 2.47 bits per heavy atom. The molecule has 1 unspecified atom stereocenters. The lowest BCUT2D eigenvalue weighted by Gasteiger charge is -2.36. The van der Waals surface area contributed by atoms with Gasteiger partial charge in [0.25, 0.3) is 0 Å². The fourth-order valence-electron chi connectivity index (χ4n) is 2.14. The standard InChI is InChI=1S/C13H26N2O2/c1-4-11(5-2)15-13(16)9(3)17-12-6-10(7-12)8-14/h9-12H,4-8,14H2,1-3H3,(H,15,16). The third kappa shape index (κ3) is 4.28. The van der Waals surface area contributed by atoms with Crippen molar-refractivity contribution in [2.45, 2.75) is 64.7 Å². The number of carbonyl (C=O) groups is 1. The molecule has 4 nitrogen and oxygen atoms in total. The molecule has 0 aromatic rings. The molecule has 1 aliphatic carbocycles. The number of ether oxygens (including phenoxy) is 1. The van der Waals surface area contributed by atoms with Crippen LogP contribution in [0.15, 0.2) is 0 Å². The van der Waals surface area contributed by atoms with Crippen molar-refractivity contribution >= 4 is 5.91 Å². The molecule has 100 valence electrons. The average molecular weight is 242 g/mol. The van der Waals surface area contributed by atoms with E-state index >= 15 is 0 Å². The monoisotopic (exact) mass is 242 g/mol. The molecule has 1 fully saturated rings. The number of nitrogens with two attached hydrogens (primary N) is 1. The van der Waals surface area contributed by atoms with Gasteiger partial charge in [-0.2, -0.15) is 0 Å². The van der Waals surface area contributed by atoms with E-state index in [0.717, 1.165) is 32.2 Å². The van der Waals surface area contributed by atoms with Crippen LogP contribution in [0.1, 0.15) is 46.5 Å². The van der Waals surface area contributed by atoms with Crippen LogP contribution in [0.25, 0.3) is 0 Å². The Morgan fingerprint density at radius 1 is 1.41 bits per heavy atom. The van der Waals surface area contributed by atoms with Crippen LogP contribution in [0.2, 0.25) is 0 Å². The molecule has 1 amide bonds. The molecule has 4 heteroatoms. The van der Waals surface area contributed by atoms with Gasteiger partial charge in [0.1, 0.15) is 6.10 Å². The van der Waals surface area contributed by atoms with E-state index in [-0.39, 0.29) is 24.2 Å². The molecule has 0 aromatic heterocycles.